The van der Waals surface area contributed by atoms with E-state index in [4.69, 9.17) is 3.54 Å². The first-order valence-corrected chi connectivity index (χ1v) is 1.50. The van der Waals surface area contributed by atoms with Gasteiger partial charge in [0.2, 0.25) is 0 Å². The number of hydrogen-bond donors (Lipinski definition) is 0. The van der Waals surface area contributed by atoms with Gasteiger partial charge in [0.25, 0.3) is 0 Å². The minimum atomic E-state index is 0. The third kappa shape index (κ3) is 8.84. The van der Waals surface area contributed by atoms with Crippen LogP contribution in [0.2, 0.25) is 0 Å². The molecule has 0 aromatic carbocycles. The molecule has 0 aliphatic rings. The molecule has 0 fully saturated rings. The summed E-state index contributed by atoms with van der Waals surface area (Å²) < 4.78 is 8.38. The number of rotatable bonds is 0. The summed E-state index contributed by atoms with van der Waals surface area (Å²) in [5.74, 6) is 0. The van der Waals surface area contributed by atoms with Crippen molar-refractivity contribution in [3.8, 4) is 0 Å². The Labute approximate surface area is 78.6 Å². The van der Waals surface area contributed by atoms with Crippen molar-refractivity contribution in [3.05, 3.63) is 0 Å². The van der Waals surface area contributed by atoms with Gasteiger partial charge < -0.3 is 0 Å². The second kappa shape index (κ2) is 18.3. The van der Waals surface area contributed by atoms with Crippen molar-refractivity contribution in [2.45, 2.75) is 0 Å². The molecule has 0 aromatic rings. The fourth-order valence-electron chi connectivity index (χ4n) is 0. The summed E-state index contributed by atoms with van der Waals surface area (Å²) in [4.78, 5) is 0. The molecule has 4 heteroatoms. The van der Waals surface area contributed by atoms with Crippen molar-refractivity contribution in [2.75, 3.05) is 0 Å². The molecular formula is HGaLaNbO. The first-order chi connectivity index (χ1) is 1.00. The summed E-state index contributed by atoms with van der Waals surface area (Å²) in [6.07, 6.45) is 0. The van der Waals surface area contributed by atoms with E-state index >= 15 is 0 Å². The fraction of sp³-hybridized carbons (Fsp3) is 0. The van der Waals surface area contributed by atoms with Crippen molar-refractivity contribution in [1.29, 1.82) is 0 Å². The van der Waals surface area contributed by atoms with Crippen LogP contribution in [0, 0.1) is 35.6 Å². The van der Waals surface area contributed by atoms with E-state index in [1.165, 1.54) is 0 Å². The maximum absolute atomic E-state index is 8.38. The van der Waals surface area contributed by atoms with E-state index in [1.54, 1.807) is 0 Å². The van der Waals surface area contributed by atoms with Crippen LogP contribution < -0.4 is 0 Å². The summed E-state index contributed by atoms with van der Waals surface area (Å²) in [7, 11) is 0. The maximum atomic E-state index is 8.38. The van der Waals surface area contributed by atoms with Gasteiger partial charge in [-0.25, -0.2) is 0 Å². The Balaban J connectivity index is -0.00000000500. The predicted octanol–water partition coefficient (Wildman–Crippen LogP) is -0.770. The molecule has 2 radical (unpaired) electrons. The van der Waals surface area contributed by atoms with Crippen LogP contribution in [-0.2, 0) is 25.9 Å². The molecular weight excluding hydrogens is 318 g/mol. The Bertz CT molecular complexity index is 8.00. The molecule has 0 N–H and O–H groups in total. The molecule has 18 valence electrons. The monoisotopic (exact) mass is 318 g/mol. The van der Waals surface area contributed by atoms with Crippen molar-refractivity contribution in [2.24, 2.45) is 0 Å². The molecule has 0 aromatic heterocycles. The predicted molar refractivity (Wildman–Crippen MR) is 7.84 cm³/mol. The van der Waals surface area contributed by atoms with Crippen LogP contribution in [0.25, 0.3) is 0 Å². The topological polar surface area (TPSA) is 17.1 Å². The fourth-order valence-corrected chi connectivity index (χ4v) is 0. The molecule has 0 bridgehead atoms. The van der Waals surface area contributed by atoms with Gasteiger partial charge >= 0.3 is 22.1 Å². The molecule has 0 aliphatic heterocycles. The van der Waals surface area contributed by atoms with Crippen molar-refractivity contribution < 1.29 is 61.5 Å². The van der Waals surface area contributed by atoms with Gasteiger partial charge in [-0.05, 0) is 0 Å². The molecule has 0 spiro atoms. The molecule has 4 heavy (non-hydrogen) atoms. The van der Waals surface area contributed by atoms with Gasteiger partial charge in [0, 0.05) is 58.0 Å². The van der Waals surface area contributed by atoms with Crippen molar-refractivity contribution in [1.82, 2.24) is 0 Å². The first-order valence-electron chi connectivity index (χ1n) is 0.289. The Morgan fingerprint density at radius 2 is 1.25 bits per heavy atom. The Morgan fingerprint density at radius 3 is 1.25 bits per heavy atom. The minimum absolute atomic E-state index is 0. The van der Waals surface area contributed by atoms with Crippen LogP contribution in [0.4, 0.5) is 0 Å². The molecule has 0 aliphatic carbocycles. The summed E-state index contributed by atoms with van der Waals surface area (Å²) >= 11 is 0.125. The van der Waals surface area contributed by atoms with Gasteiger partial charge in [-0.1, -0.05) is 0 Å². The molecule has 1 nitrogen and oxygen atoms in total. The van der Waals surface area contributed by atoms with Gasteiger partial charge in [0.15, 0.2) is 0 Å². The average Bonchev–Trinajstić information content (AvgIpc) is 1.00. The van der Waals surface area contributed by atoms with Gasteiger partial charge in [-0.2, -0.15) is 0 Å². The summed E-state index contributed by atoms with van der Waals surface area (Å²) in [6, 6.07) is 0. The SMILES string of the molecule is [La].[Nb].[O]=[GaH]. The quantitative estimate of drug-likeness (QED) is 0.536. The second-order valence-electron chi connectivity index (χ2n) is 0. The molecule has 0 atom stereocenters. The van der Waals surface area contributed by atoms with E-state index in [9.17, 15) is 0 Å². The summed E-state index contributed by atoms with van der Waals surface area (Å²) in [5.41, 5.74) is 0. The van der Waals surface area contributed by atoms with E-state index in [-0.39, 0.29) is 76.5 Å². The third-order valence-electron chi connectivity index (χ3n) is 0. The Morgan fingerprint density at radius 1 is 1.25 bits per heavy atom. The van der Waals surface area contributed by atoms with Crippen LogP contribution in [0.1, 0.15) is 0 Å². The van der Waals surface area contributed by atoms with E-state index in [0.717, 1.165) is 0 Å². The molecule has 0 rings (SSSR count). The zero-order valence-corrected chi connectivity index (χ0v) is 10.9. The summed E-state index contributed by atoms with van der Waals surface area (Å²) in [6.45, 7) is 0. The van der Waals surface area contributed by atoms with Gasteiger partial charge in [-0.15, -0.1) is 0 Å². The zero-order chi connectivity index (χ0) is 2.00. The van der Waals surface area contributed by atoms with Crippen molar-refractivity contribution >= 4 is 18.6 Å². The van der Waals surface area contributed by atoms with Crippen LogP contribution >= 0.6 is 0 Å². The summed E-state index contributed by atoms with van der Waals surface area (Å²) in [5, 5.41) is 0. The first kappa shape index (κ1) is 16.2. The van der Waals surface area contributed by atoms with Gasteiger partial charge in [-0.3, -0.25) is 0 Å². The molecule has 0 amide bonds. The van der Waals surface area contributed by atoms with Crippen molar-refractivity contribution in [3.63, 3.8) is 0 Å². The van der Waals surface area contributed by atoms with Gasteiger partial charge in [0.05, 0.1) is 0 Å². The van der Waals surface area contributed by atoms with Gasteiger partial charge in [0.1, 0.15) is 0 Å². The van der Waals surface area contributed by atoms with E-state index in [2.05, 4.69) is 0 Å². The van der Waals surface area contributed by atoms with E-state index in [0.29, 0.717) is 0 Å². The van der Waals surface area contributed by atoms with E-state index < -0.39 is 0 Å². The zero-order valence-electron chi connectivity index (χ0n) is 2.14. The number of hydrogen-bond acceptors (Lipinski definition) is 1. The van der Waals surface area contributed by atoms with Crippen LogP contribution in [-0.4, -0.2) is 18.6 Å². The van der Waals surface area contributed by atoms with Crippen LogP contribution in [0.15, 0.2) is 0 Å². The molecule has 0 unspecified atom stereocenters. The molecule has 0 heterocycles. The second-order valence-corrected chi connectivity index (χ2v) is 0. The molecule has 0 saturated heterocycles. The Hall–Kier alpha value is 2.37. The normalized spacial score (nSPS) is 0.750. The van der Waals surface area contributed by atoms with E-state index in [1.807, 2.05) is 0 Å². The average molecular weight is 319 g/mol. The van der Waals surface area contributed by atoms with Crippen LogP contribution in [0.5, 0.6) is 0 Å². The third-order valence-corrected chi connectivity index (χ3v) is 0. The Kier molecular flexibility index (Phi) is 73.8. The molecule has 0 saturated carbocycles. The standard InChI is InChI=1S/Ga.La.Nb.O.H. The van der Waals surface area contributed by atoms with Crippen LogP contribution in [0.3, 0.4) is 0 Å².